The van der Waals surface area contributed by atoms with E-state index in [0.717, 1.165) is 4.47 Å². The Morgan fingerprint density at radius 2 is 2.21 bits per heavy atom. The number of fused-ring (bicyclic) bond motifs is 1. The third-order valence-corrected chi connectivity index (χ3v) is 4.50. The lowest BCUT2D eigenvalue weighted by molar-refractivity contribution is -0.135. The lowest BCUT2D eigenvalue weighted by Gasteiger charge is -2.22. The molecule has 3 rings (SSSR count). The highest BCUT2D eigenvalue weighted by Gasteiger charge is 2.50. The molecule has 5 nitrogen and oxygen atoms in total. The van der Waals surface area contributed by atoms with Gasteiger partial charge in [0, 0.05) is 34.5 Å². The number of anilines is 1. The van der Waals surface area contributed by atoms with Crippen LogP contribution in [0.4, 0.5) is 5.69 Å². The van der Waals surface area contributed by atoms with E-state index in [4.69, 9.17) is 0 Å². The summed E-state index contributed by atoms with van der Waals surface area (Å²) in [7, 11) is 0. The van der Waals surface area contributed by atoms with Crippen molar-refractivity contribution in [2.45, 2.75) is 12.0 Å². The molecule has 0 saturated heterocycles. The highest BCUT2D eigenvalue weighted by atomic mass is 79.9. The first-order valence-corrected chi connectivity index (χ1v) is 8.15. The Balaban J connectivity index is 2.03. The predicted molar refractivity (Wildman–Crippen MR) is 93.8 cm³/mol. The number of hydrogen-bond acceptors (Lipinski definition) is 4. The molecule has 24 heavy (non-hydrogen) atoms. The van der Waals surface area contributed by atoms with Crippen LogP contribution in [0.2, 0.25) is 0 Å². The van der Waals surface area contributed by atoms with E-state index >= 15 is 0 Å². The summed E-state index contributed by atoms with van der Waals surface area (Å²) in [4.78, 5) is 30.6. The zero-order chi connectivity index (χ0) is 17.3. The summed E-state index contributed by atoms with van der Waals surface area (Å²) in [6.07, 6.45) is 4.23. The molecule has 1 aliphatic heterocycles. The van der Waals surface area contributed by atoms with E-state index in [0.29, 0.717) is 16.8 Å². The van der Waals surface area contributed by atoms with Gasteiger partial charge in [0.1, 0.15) is 0 Å². The van der Waals surface area contributed by atoms with Gasteiger partial charge in [-0.05, 0) is 30.3 Å². The minimum absolute atomic E-state index is 0.261. The lowest BCUT2D eigenvalue weighted by Crippen LogP contribution is -2.41. The van der Waals surface area contributed by atoms with Gasteiger partial charge in [-0.2, -0.15) is 0 Å². The summed E-state index contributed by atoms with van der Waals surface area (Å²) in [5.41, 5.74) is -0.530. The maximum Gasteiger partial charge on any atom is 0.264 e. The van der Waals surface area contributed by atoms with Crippen molar-refractivity contribution in [2.75, 3.05) is 11.4 Å². The standard InChI is InChI=1S/C18H15BrN2O3/c1-2-8-21-15-6-5-13(19)9-14(15)18(24,17(21)23)10-16(22)12-4-3-7-20-11-12/h2-7,9,11,24H,1,8,10H2. The van der Waals surface area contributed by atoms with Gasteiger partial charge < -0.3 is 10.0 Å². The van der Waals surface area contributed by atoms with Crippen molar-refractivity contribution in [2.24, 2.45) is 0 Å². The van der Waals surface area contributed by atoms with E-state index < -0.39 is 11.5 Å². The van der Waals surface area contributed by atoms with Crippen LogP contribution in [0.1, 0.15) is 22.3 Å². The first-order chi connectivity index (χ1) is 11.5. The molecule has 0 saturated carbocycles. The predicted octanol–water partition coefficient (Wildman–Crippen LogP) is 2.84. The molecule has 1 N–H and O–H groups in total. The van der Waals surface area contributed by atoms with Crippen molar-refractivity contribution in [3.05, 3.63) is 71.0 Å². The SMILES string of the molecule is C=CCN1C(=O)C(O)(CC(=O)c2cccnc2)c2cc(Br)ccc21. The smallest absolute Gasteiger partial charge is 0.264 e. The Morgan fingerprint density at radius 3 is 2.88 bits per heavy atom. The van der Waals surface area contributed by atoms with Gasteiger partial charge in [0.05, 0.1) is 12.1 Å². The van der Waals surface area contributed by atoms with Gasteiger partial charge in [-0.15, -0.1) is 6.58 Å². The molecule has 1 amide bonds. The van der Waals surface area contributed by atoms with Crippen LogP contribution in [0.15, 0.2) is 59.9 Å². The highest BCUT2D eigenvalue weighted by molar-refractivity contribution is 9.10. The number of halogens is 1. The fourth-order valence-electron chi connectivity index (χ4n) is 2.87. The number of hydrogen-bond donors (Lipinski definition) is 1. The maximum absolute atomic E-state index is 12.8. The van der Waals surface area contributed by atoms with E-state index in [1.54, 1.807) is 42.6 Å². The van der Waals surface area contributed by atoms with Gasteiger partial charge in [0.25, 0.3) is 5.91 Å². The van der Waals surface area contributed by atoms with E-state index in [-0.39, 0.29) is 18.7 Å². The Hall–Kier alpha value is -2.31. The number of aromatic nitrogens is 1. The van der Waals surface area contributed by atoms with Crippen LogP contribution < -0.4 is 4.90 Å². The van der Waals surface area contributed by atoms with Crippen molar-refractivity contribution in [1.29, 1.82) is 0 Å². The molecular weight excluding hydrogens is 372 g/mol. The van der Waals surface area contributed by atoms with Crippen LogP contribution in [0, 0.1) is 0 Å². The molecule has 0 fully saturated rings. The summed E-state index contributed by atoms with van der Waals surface area (Å²) in [5, 5.41) is 11.1. The van der Waals surface area contributed by atoms with Gasteiger partial charge in [-0.25, -0.2) is 0 Å². The first-order valence-electron chi connectivity index (χ1n) is 7.36. The molecule has 122 valence electrons. The number of carbonyl (C=O) groups is 2. The van der Waals surface area contributed by atoms with Crippen molar-refractivity contribution < 1.29 is 14.7 Å². The normalized spacial score (nSPS) is 19.2. The molecule has 2 aromatic rings. The minimum Gasteiger partial charge on any atom is -0.375 e. The molecule has 1 aromatic carbocycles. The van der Waals surface area contributed by atoms with E-state index in [1.165, 1.54) is 11.1 Å². The molecule has 6 heteroatoms. The maximum atomic E-state index is 12.8. The van der Waals surface area contributed by atoms with Crippen LogP contribution in [0.3, 0.4) is 0 Å². The van der Waals surface area contributed by atoms with Gasteiger partial charge in [-0.3, -0.25) is 14.6 Å². The van der Waals surface area contributed by atoms with Crippen molar-refractivity contribution in [3.63, 3.8) is 0 Å². The number of benzene rings is 1. The molecule has 0 bridgehead atoms. The summed E-state index contributed by atoms with van der Waals surface area (Å²) in [5.74, 6) is -0.863. The largest absolute Gasteiger partial charge is 0.375 e. The highest BCUT2D eigenvalue weighted by Crippen LogP contribution is 2.44. The van der Waals surface area contributed by atoms with Crippen LogP contribution in [0.5, 0.6) is 0 Å². The van der Waals surface area contributed by atoms with Crippen molar-refractivity contribution in [1.82, 2.24) is 4.98 Å². The van der Waals surface area contributed by atoms with Gasteiger partial charge in [0.2, 0.25) is 0 Å². The van der Waals surface area contributed by atoms with Gasteiger partial charge in [0.15, 0.2) is 11.4 Å². The number of ketones is 1. The van der Waals surface area contributed by atoms with Crippen LogP contribution in [0.25, 0.3) is 0 Å². The quantitative estimate of drug-likeness (QED) is 0.633. The number of pyridine rings is 1. The molecule has 1 atom stereocenters. The van der Waals surface area contributed by atoms with Gasteiger partial charge in [-0.1, -0.05) is 22.0 Å². The lowest BCUT2D eigenvalue weighted by atomic mass is 9.88. The molecule has 0 radical (unpaired) electrons. The van der Waals surface area contributed by atoms with E-state index in [9.17, 15) is 14.7 Å². The molecule has 0 aliphatic carbocycles. The summed E-state index contributed by atoms with van der Waals surface area (Å²) >= 11 is 3.35. The van der Waals surface area contributed by atoms with Crippen LogP contribution >= 0.6 is 15.9 Å². The van der Waals surface area contributed by atoms with Crippen molar-refractivity contribution in [3.8, 4) is 0 Å². The van der Waals surface area contributed by atoms with E-state index in [2.05, 4.69) is 27.5 Å². The Bertz CT molecular complexity index is 822. The van der Waals surface area contributed by atoms with Crippen LogP contribution in [-0.2, 0) is 10.4 Å². The Kier molecular flexibility index (Phi) is 4.34. The molecule has 2 heterocycles. The zero-order valence-electron chi connectivity index (χ0n) is 12.8. The van der Waals surface area contributed by atoms with Crippen molar-refractivity contribution >= 4 is 33.3 Å². The third kappa shape index (κ3) is 2.68. The van der Waals surface area contributed by atoms with E-state index in [1.807, 2.05) is 0 Å². The second-order valence-corrected chi connectivity index (χ2v) is 6.48. The topological polar surface area (TPSA) is 70.5 Å². The monoisotopic (exact) mass is 386 g/mol. The summed E-state index contributed by atoms with van der Waals surface area (Å²) in [6.45, 7) is 3.91. The average Bonchev–Trinajstić information content (AvgIpc) is 2.78. The molecule has 1 unspecified atom stereocenters. The fraction of sp³-hybridized carbons (Fsp3) is 0.167. The minimum atomic E-state index is -1.89. The fourth-order valence-corrected chi connectivity index (χ4v) is 3.23. The summed E-state index contributed by atoms with van der Waals surface area (Å²) < 4.78 is 0.724. The van der Waals surface area contributed by atoms with Crippen LogP contribution in [-0.4, -0.2) is 28.3 Å². The summed E-state index contributed by atoms with van der Waals surface area (Å²) in [6, 6.07) is 8.46. The Labute approximate surface area is 147 Å². The Morgan fingerprint density at radius 1 is 1.42 bits per heavy atom. The zero-order valence-corrected chi connectivity index (χ0v) is 14.4. The number of carbonyl (C=O) groups excluding carboxylic acids is 2. The number of aliphatic hydroxyl groups is 1. The number of rotatable bonds is 5. The molecular formula is C18H15BrN2O3. The average molecular weight is 387 g/mol. The molecule has 1 aromatic heterocycles. The second-order valence-electron chi connectivity index (χ2n) is 5.57. The third-order valence-electron chi connectivity index (χ3n) is 4.01. The number of amides is 1. The number of nitrogens with zero attached hydrogens (tertiary/aromatic N) is 2. The van der Waals surface area contributed by atoms with Gasteiger partial charge >= 0.3 is 0 Å². The second kappa shape index (κ2) is 6.30. The molecule has 0 spiro atoms. The number of Topliss-reactive ketones (excluding diaryl/α,β-unsaturated/α-hetero) is 1. The molecule has 1 aliphatic rings. The first kappa shape index (κ1) is 16.5.